The Morgan fingerprint density at radius 3 is 2.11 bits per heavy atom. The molecule has 1 aliphatic rings. The van der Waals surface area contributed by atoms with Gasteiger partial charge in [0.05, 0.1) is 29.5 Å². The number of benzene rings is 2. The number of hydroxylamine groups is 2. The number of hydrogen-bond donors (Lipinski definition) is 1. The lowest BCUT2D eigenvalue weighted by atomic mass is 9.98. The summed E-state index contributed by atoms with van der Waals surface area (Å²) >= 11 is 0. The second kappa shape index (κ2) is 10.7. The number of hydrogen-bond acceptors (Lipinski definition) is 9. The number of nitro groups is 1. The lowest BCUT2D eigenvalue weighted by Gasteiger charge is -2.38. The van der Waals surface area contributed by atoms with Gasteiger partial charge in [0.1, 0.15) is 6.33 Å². The van der Waals surface area contributed by atoms with Crippen LogP contribution in [0.15, 0.2) is 67.0 Å². The van der Waals surface area contributed by atoms with E-state index in [9.17, 15) is 14.9 Å². The van der Waals surface area contributed by atoms with Crippen molar-refractivity contribution < 1.29 is 14.6 Å². The summed E-state index contributed by atoms with van der Waals surface area (Å²) in [6, 6.07) is 19.4. The normalized spacial score (nSPS) is 14.1. The largest absolute Gasteiger partial charge is 0.367 e. The molecule has 3 aromatic rings. The zero-order valence-corrected chi connectivity index (χ0v) is 20.6. The molecule has 0 saturated carbocycles. The average Bonchev–Trinajstić information content (AvgIpc) is 2.82. The summed E-state index contributed by atoms with van der Waals surface area (Å²) in [6.45, 7) is 7.03. The van der Waals surface area contributed by atoms with E-state index in [1.165, 1.54) is 11.4 Å². The second-order valence-corrected chi connectivity index (χ2v) is 9.80. The van der Waals surface area contributed by atoms with Crippen LogP contribution >= 0.6 is 0 Å². The number of nitrogens with one attached hydrogen (secondary N) is 1. The quantitative estimate of drug-likeness (QED) is 0.348. The molecule has 0 unspecified atom stereocenters. The van der Waals surface area contributed by atoms with E-state index in [1.54, 1.807) is 20.8 Å². The van der Waals surface area contributed by atoms with E-state index in [1.807, 2.05) is 65.6 Å². The minimum absolute atomic E-state index is 0.142. The number of anilines is 2. The number of aromatic nitrogens is 2. The van der Waals surface area contributed by atoms with Crippen molar-refractivity contribution in [3.05, 3.63) is 88.2 Å². The zero-order valence-electron chi connectivity index (χ0n) is 20.6. The number of nitrogens with zero attached hydrogens (tertiary/aromatic N) is 5. The van der Waals surface area contributed by atoms with E-state index in [4.69, 9.17) is 4.84 Å². The Kier molecular flexibility index (Phi) is 7.44. The first kappa shape index (κ1) is 25.1. The molecule has 1 N–H and O–H groups in total. The molecule has 0 atom stereocenters. The molecule has 1 aromatic heterocycles. The van der Waals surface area contributed by atoms with Crippen molar-refractivity contribution in [2.75, 3.05) is 23.3 Å². The van der Waals surface area contributed by atoms with Crippen LogP contribution in [0.5, 0.6) is 0 Å². The van der Waals surface area contributed by atoms with Crippen LogP contribution in [-0.4, -0.2) is 45.1 Å². The van der Waals surface area contributed by atoms with E-state index >= 15 is 0 Å². The molecule has 2 heterocycles. The highest BCUT2D eigenvalue weighted by Gasteiger charge is 2.36. The van der Waals surface area contributed by atoms with Crippen molar-refractivity contribution in [1.29, 1.82) is 0 Å². The van der Waals surface area contributed by atoms with Crippen molar-refractivity contribution in [2.24, 2.45) is 5.41 Å². The maximum absolute atomic E-state index is 12.2. The highest BCUT2D eigenvalue weighted by Crippen LogP contribution is 2.34. The Balaban J connectivity index is 1.56. The summed E-state index contributed by atoms with van der Waals surface area (Å²) in [5, 5.41) is 16.9. The van der Waals surface area contributed by atoms with Gasteiger partial charge in [-0.15, -0.1) is 5.06 Å². The molecule has 0 amide bonds. The predicted molar refractivity (Wildman–Crippen MR) is 136 cm³/mol. The molecule has 10 nitrogen and oxygen atoms in total. The molecule has 1 aliphatic heterocycles. The lowest BCUT2D eigenvalue weighted by Crippen LogP contribution is -2.56. The van der Waals surface area contributed by atoms with E-state index < -0.39 is 10.3 Å². The summed E-state index contributed by atoms with van der Waals surface area (Å²) in [5.74, 6) is 0.0530. The Morgan fingerprint density at radius 1 is 1.06 bits per heavy atom. The van der Waals surface area contributed by atoms with Gasteiger partial charge in [0.15, 0.2) is 0 Å². The van der Waals surface area contributed by atoms with Crippen molar-refractivity contribution in [1.82, 2.24) is 15.0 Å². The van der Waals surface area contributed by atoms with Gasteiger partial charge in [-0.25, -0.2) is 14.8 Å². The van der Waals surface area contributed by atoms with E-state index in [0.29, 0.717) is 26.2 Å². The van der Waals surface area contributed by atoms with Gasteiger partial charge in [0, 0.05) is 13.1 Å². The lowest BCUT2D eigenvalue weighted by molar-refractivity contribution is -0.383. The van der Waals surface area contributed by atoms with Gasteiger partial charge in [-0.1, -0.05) is 60.7 Å². The monoisotopic (exact) mass is 490 g/mol. The number of carbonyl (C=O) groups excluding carboxylic acids is 1. The molecule has 0 bridgehead atoms. The van der Waals surface area contributed by atoms with Crippen molar-refractivity contribution in [3.63, 3.8) is 0 Å². The summed E-state index contributed by atoms with van der Waals surface area (Å²) < 4.78 is 0. The van der Waals surface area contributed by atoms with Crippen LogP contribution in [0.3, 0.4) is 0 Å². The predicted octanol–water partition coefficient (Wildman–Crippen LogP) is 4.19. The molecule has 188 valence electrons. The first-order valence-corrected chi connectivity index (χ1v) is 11.8. The van der Waals surface area contributed by atoms with Gasteiger partial charge in [-0.05, 0) is 31.9 Å². The smallest absolute Gasteiger partial charge is 0.353 e. The van der Waals surface area contributed by atoms with Crippen LogP contribution < -0.4 is 10.2 Å². The van der Waals surface area contributed by atoms with Crippen LogP contribution in [0.1, 0.15) is 31.9 Å². The summed E-state index contributed by atoms with van der Waals surface area (Å²) in [4.78, 5) is 39.7. The van der Waals surface area contributed by atoms with Gasteiger partial charge >= 0.3 is 11.7 Å². The first-order chi connectivity index (χ1) is 17.2. The molecule has 1 fully saturated rings. The molecule has 0 spiro atoms. The highest BCUT2D eigenvalue weighted by atomic mass is 16.7. The molecular formula is C26H30N6O4. The molecule has 1 saturated heterocycles. The Bertz CT molecular complexity index is 1150. The molecule has 10 heteroatoms. The standard InChI is InChI=1S/C26H30N6O4/c1-26(2,3)25(33)36-31-16-21(17-31)29-23-22(32(34)35)24(28-18-27-23)30(14-19-10-6-4-7-11-19)15-20-12-8-5-9-13-20/h4-13,18,21H,14-17H2,1-3H3,(H,27,28,29). The topological polar surface area (TPSA) is 114 Å². The molecule has 36 heavy (non-hydrogen) atoms. The SMILES string of the molecule is CC(C)(C)C(=O)ON1CC(Nc2ncnc(N(Cc3ccccc3)Cc3ccccc3)c2[N+](=O)[O-])C1. The average molecular weight is 491 g/mol. The van der Waals surface area contributed by atoms with Crippen molar-refractivity contribution in [3.8, 4) is 0 Å². The van der Waals surface area contributed by atoms with Gasteiger partial charge < -0.3 is 15.1 Å². The van der Waals surface area contributed by atoms with E-state index in [0.717, 1.165) is 11.1 Å². The molecule has 0 radical (unpaired) electrons. The van der Waals surface area contributed by atoms with Crippen LogP contribution in [0, 0.1) is 15.5 Å². The third kappa shape index (κ3) is 6.14. The molecular weight excluding hydrogens is 460 g/mol. The van der Waals surface area contributed by atoms with Gasteiger partial charge in [0.25, 0.3) is 0 Å². The minimum atomic E-state index is -0.611. The van der Waals surface area contributed by atoms with E-state index in [-0.39, 0.29) is 29.3 Å². The van der Waals surface area contributed by atoms with Crippen LogP contribution in [0.4, 0.5) is 17.3 Å². The fraction of sp³-hybridized carbons (Fsp3) is 0.346. The number of rotatable bonds is 9. The van der Waals surface area contributed by atoms with E-state index in [2.05, 4.69) is 15.3 Å². The Labute approximate surface area is 210 Å². The molecule has 2 aromatic carbocycles. The zero-order chi connectivity index (χ0) is 25.7. The summed E-state index contributed by atoms with van der Waals surface area (Å²) in [6.07, 6.45) is 1.34. The van der Waals surface area contributed by atoms with Gasteiger partial charge in [-0.3, -0.25) is 10.1 Å². The maximum Gasteiger partial charge on any atom is 0.353 e. The minimum Gasteiger partial charge on any atom is -0.367 e. The highest BCUT2D eigenvalue weighted by molar-refractivity contribution is 5.75. The summed E-state index contributed by atoms with van der Waals surface area (Å²) in [7, 11) is 0. The van der Waals surface area contributed by atoms with Crippen LogP contribution in [0.2, 0.25) is 0 Å². The summed E-state index contributed by atoms with van der Waals surface area (Å²) in [5.41, 5.74) is 1.21. The van der Waals surface area contributed by atoms with Crippen LogP contribution in [0.25, 0.3) is 0 Å². The first-order valence-electron chi connectivity index (χ1n) is 11.8. The fourth-order valence-electron chi connectivity index (χ4n) is 3.74. The molecule has 0 aliphatic carbocycles. The van der Waals surface area contributed by atoms with Gasteiger partial charge in [0.2, 0.25) is 11.6 Å². The Morgan fingerprint density at radius 2 is 1.61 bits per heavy atom. The number of carbonyl (C=O) groups is 1. The second-order valence-electron chi connectivity index (χ2n) is 9.80. The third-order valence-corrected chi connectivity index (χ3v) is 5.73. The van der Waals surface area contributed by atoms with Crippen LogP contribution in [-0.2, 0) is 22.7 Å². The Hall–Kier alpha value is -4.05. The third-order valence-electron chi connectivity index (χ3n) is 5.73. The maximum atomic E-state index is 12.2. The van der Waals surface area contributed by atoms with Crippen molar-refractivity contribution >= 4 is 23.3 Å². The fourth-order valence-corrected chi connectivity index (χ4v) is 3.74. The van der Waals surface area contributed by atoms with Gasteiger partial charge in [-0.2, -0.15) is 0 Å². The van der Waals surface area contributed by atoms with Crippen molar-refractivity contribution in [2.45, 2.75) is 39.9 Å². The molecule has 4 rings (SSSR count).